The Morgan fingerprint density at radius 1 is 1.25 bits per heavy atom. The van der Waals surface area contributed by atoms with Gasteiger partial charge >= 0.3 is 0 Å². The third kappa shape index (κ3) is 4.03. The van der Waals surface area contributed by atoms with Gasteiger partial charge in [-0.05, 0) is 57.1 Å². The summed E-state index contributed by atoms with van der Waals surface area (Å²) in [5.74, 6) is 0.0819. The Labute approximate surface area is 97.2 Å². The van der Waals surface area contributed by atoms with Crippen LogP contribution < -0.4 is 10.6 Å². The molecule has 1 aromatic carbocycles. The van der Waals surface area contributed by atoms with Crippen LogP contribution in [0.5, 0.6) is 0 Å². The van der Waals surface area contributed by atoms with Gasteiger partial charge in [0, 0.05) is 12.1 Å². The molecule has 16 heavy (non-hydrogen) atoms. The molecule has 0 saturated heterocycles. The maximum absolute atomic E-state index is 11.5. The molecule has 0 radical (unpaired) electrons. The highest BCUT2D eigenvalue weighted by atomic mass is 16.1. The predicted molar refractivity (Wildman–Crippen MR) is 67.7 cm³/mol. The average Bonchev–Trinajstić information content (AvgIpc) is 2.24. The molecule has 3 nitrogen and oxygen atoms in total. The molecule has 0 aromatic heterocycles. The number of hydrogen-bond donors (Lipinski definition) is 2. The predicted octanol–water partition coefficient (Wildman–Crippen LogP) is 2.24. The van der Waals surface area contributed by atoms with E-state index in [0.717, 1.165) is 18.7 Å². The zero-order valence-corrected chi connectivity index (χ0v) is 10.3. The SMILES string of the molecule is CNCCCC(=O)Nc1ccc(C)c(C)c1. The topological polar surface area (TPSA) is 41.1 Å². The van der Waals surface area contributed by atoms with Crippen molar-refractivity contribution in [1.82, 2.24) is 5.32 Å². The number of nitrogens with one attached hydrogen (secondary N) is 2. The van der Waals surface area contributed by atoms with E-state index < -0.39 is 0 Å². The standard InChI is InChI=1S/C13H20N2O/c1-10-6-7-12(9-11(10)2)15-13(16)5-4-8-14-3/h6-7,9,14H,4-5,8H2,1-3H3,(H,15,16). The van der Waals surface area contributed by atoms with Gasteiger partial charge in [0.25, 0.3) is 0 Å². The summed E-state index contributed by atoms with van der Waals surface area (Å²) in [6.45, 7) is 4.99. The summed E-state index contributed by atoms with van der Waals surface area (Å²) in [5, 5.41) is 5.93. The van der Waals surface area contributed by atoms with Gasteiger partial charge in [0.15, 0.2) is 0 Å². The van der Waals surface area contributed by atoms with Crippen LogP contribution in [0.3, 0.4) is 0 Å². The molecule has 0 aliphatic rings. The molecule has 1 rings (SSSR count). The molecule has 88 valence electrons. The van der Waals surface area contributed by atoms with Crippen LogP contribution in [0.2, 0.25) is 0 Å². The first kappa shape index (κ1) is 12.7. The Morgan fingerprint density at radius 3 is 2.62 bits per heavy atom. The van der Waals surface area contributed by atoms with Gasteiger partial charge in [0.1, 0.15) is 0 Å². The van der Waals surface area contributed by atoms with Crippen LogP contribution in [0.15, 0.2) is 18.2 Å². The first-order chi connectivity index (χ1) is 7.63. The molecule has 0 aliphatic carbocycles. The molecule has 1 amide bonds. The third-order valence-corrected chi connectivity index (χ3v) is 2.62. The van der Waals surface area contributed by atoms with Crippen molar-refractivity contribution in [2.24, 2.45) is 0 Å². The molecule has 1 aromatic rings. The summed E-state index contributed by atoms with van der Waals surface area (Å²) in [5.41, 5.74) is 3.33. The fraction of sp³-hybridized carbons (Fsp3) is 0.462. The van der Waals surface area contributed by atoms with Gasteiger partial charge in [-0.15, -0.1) is 0 Å². The van der Waals surface area contributed by atoms with E-state index in [1.807, 2.05) is 32.2 Å². The van der Waals surface area contributed by atoms with Gasteiger partial charge < -0.3 is 10.6 Å². The van der Waals surface area contributed by atoms with Gasteiger partial charge in [-0.3, -0.25) is 4.79 Å². The van der Waals surface area contributed by atoms with Crippen molar-refractivity contribution in [2.45, 2.75) is 26.7 Å². The number of hydrogen-bond acceptors (Lipinski definition) is 2. The molecule has 0 fully saturated rings. The minimum absolute atomic E-state index is 0.0819. The lowest BCUT2D eigenvalue weighted by molar-refractivity contribution is -0.116. The first-order valence-electron chi connectivity index (χ1n) is 5.65. The van der Waals surface area contributed by atoms with E-state index in [1.54, 1.807) is 0 Å². The van der Waals surface area contributed by atoms with Gasteiger partial charge in [0.05, 0.1) is 0 Å². The minimum Gasteiger partial charge on any atom is -0.326 e. The molecule has 0 unspecified atom stereocenters. The fourth-order valence-corrected chi connectivity index (χ4v) is 1.47. The van der Waals surface area contributed by atoms with Crippen molar-refractivity contribution in [1.29, 1.82) is 0 Å². The van der Waals surface area contributed by atoms with Crippen molar-refractivity contribution in [3.63, 3.8) is 0 Å². The summed E-state index contributed by atoms with van der Waals surface area (Å²) in [6.07, 6.45) is 1.43. The number of rotatable bonds is 5. The quantitative estimate of drug-likeness (QED) is 0.747. The molecule has 0 aliphatic heterocycles. The molecule has 2 N–H and O–H groups in total. The molecular formula is C13H20N2O. The van der Waals surface area contributed by atoms with E-state index in [0.29, 0.717) is 6.42 Å². The van der Waals surface area contributed by atoms with E-state index >= 15 is 0 Å². The smallest absolute Gasteiger partial charge is 0.224 e. The van der Waals surface area contributed by atoms with Gasteiger partial charge in [-0.25, -0.2) is 0 Å². The van der Waals surface area contributed by atoms with Crippen LogP contribution >= 0.6 is 0 Å². The molecule has 0 atom stereocenters. The Kier molecular flexibility index (Phi) is 4.99. The summed E-state index contributed by atoms with van der Waals surface area (Å²) >= 11 is 0. The largest absolute Gasteiger partial charge is 0.326 e. The minimum atomic E-state index is 0.0819. The number of carbonyl (C=O) groups is 1. The Bertz CT molecular complexity index is 361. The van der Waals surface area contributed by atoms with Crippen LogP contribution in [0.4, 0.5) is 5.69 Å². The number of carbonyl (C=O) groups excluding carboxylic acids is 1. The summed E-state index contributed by atoms with van der Waals surface area (Å²) in [4.78, 5) is 11.5. The third-order valence-electron chi connectivity index (χ3n) is 2.62. The Balaban J connectivity index is 2.46. The lowest BCUT2D eigenvalue weighted by Gasteiger charge is -2.07. The van der Waals surface area contributed by atoms with Crippen molar-refractivity contribution in [3.8, 4) is 0 Å². The number of amides is 1. The second-order valence-electron chi connectivity index (χ2n) is 4.05. The van der Waals surface area contributed by atoms with Crippen LogP contribution in [-0.4, -0.2) is 19.5 Å². The van der Waals surface area contributed by atoms with E-state index in [2.05, 4.69) is 17.6 Å². The van der Waals surface area contributed by atoms with Gasteiger partial charge in [-0.2, -0.15) is 0 Å². The Morgan fingerprint density at radius 2 is 2.00 bits per heavy atom. The summed E-state index contributed by atoms with van der Waals surface area (Å²) < 4.78 is 0. The molecule has 0 spiro atoms. The highest BCUT2D eigenvalue weighted by Gasteiger charge is 2.02. The number of aryl methyl sites for hydroxylation is 2. The molecular weight excluding hydrogens is 200 g/mol. The average molecular weight is 220 g/mol. The lowest BCUT2D eigenvalue weighted by Crippen LogP contribution is -2.15. The van der Waals surface area contributed by atoms with E-state index in [-0.39, 0.29) is 5.91 Å². The molecule has 0 heterocycles. The van der Waals surface area contributed by atoms with Crippen LogP contribution in [0, 0.1) is 13.8 Å². The normalized spacial score (nSPS) is 10.2. The highest BCUT2D eigenvalue weighted by Crippen LogP contribution is 2.14. The highest BCUT2D eigenvalue weighted by molar-refractivity contribution is 5.90. The van der Waals surface area contributed by atoms with Crippen molar-refractivity contribution in [3.05, 3.63) is 29.3 Å². The zero-order chi connectivity index (χ0) is 12.0. The Hall–Kier alpha value is -1.35. The summed E-state index contributed by atoms with van der Waals surface area (Å²) in [7, 11) is 1.89. The van der Waals surface area contributed by atoms with E-state index in [4.69, 9.17) is 0 Å². The van der Waals surface area contributed by atoms with Crippen molar-refractivity contribution < 1.29 is 4.79 Å². The zero-order valence-electron chi connectivity index (χ0n) is 10.3. The first-order valence-corrected chi connectivity index (χ1v) is 5.65. The molecule has 0 bridgehead atoms. The number of anilines is 1. The summed E-state index contributed by atoms with van der Waals surface area (Å²) in [6, 6.07) is 5.97. The fourth-order valence-electron chi connectivity index (χ4n) is 1.47. The number of benzene rings is 1. The van der Waals surface area contributed by atoms with Gasteiger partial charge in [-0.1, -0.05) is 6.07 Å². The lowest BCUT2D eigenvalue weighted by atomic mass is 10.1. The van der Waals surface area contributed by atoms with Gasteiger partial charge in [0.2, 0.25) is 5.91 Å². The molecule has 0 saturated carbocycles. The van der Waals surface area contributed by atoms with Crippen molar-refractivity contribution in [2.75, 3.05) is 18.9 Å². The van der Waals surface area contributed by atoms with E-state index in [9.17, 15) is 4.79 Å². The second-order valence-corrected chi connectivity index (χ2v) is 4.05. The monoisotopic (exact) mass is 220 g/mol. The van der Waals surface area contributed by atoms with Crippen molar-refractivity contribution >= 4 is 11.6 Å². The van der Waals surface area contributed by atoms with Crippen LogP contribution in [0.25, 0.3) is 0 Å². The maximum atomic E-state index is 11.5. The maximum Gasteiger partial charge on any atom is 0.224 e. The van der Waals surface area contributed by atoms with Crippen LogP contribution in [0.1, 0.15) is 24.0 Å². The molecule has 3 heteroatoms. The second kappa shape index (κ2) is 6.28. The van der Waals surface area contributed by atoms with Crippen LogP contribution in [-0.2, 0) is 4.79 Å². The van der Waals surface area contributed by atoms with E-state index in [1.165, 1.54) is 11.1 Å².